The third kappa shape index (κ3) is 3.86. The average Bonchev–Trinajstić information content (AvgIpc) is 2.96. The zero-order valence-electron chi connectivity index (χ0n) is 16.4. The van der Waals surface area contributed by atoms with E-state index in [4.69, 9.17) is 9.47 Å². The Labute approximate surface area is 168 Å². The summed E-state index contributed by atoms with van der Waals surface area (Å²) >= 11 is 0. The number of ether oxygens (including phenoxy) is 2. The van der Waals surface area contributed by atoms with Crippen molar-refractivity contribution in [2.75, 3.05) is 27.4 Å². The summed E-state index contributed by atoms with van der Waals surface area (Å²) in [5, 5.41) is 11.0. The predicted octanol–water partition coefficient (Wildman–Crippen LogP) is 3.21. The van der Waals surface area contributed by atoms with E-state index in [1.165, 1.54) is 43.4 Å². The van der Waals surface area contributed by atoms with Gasteiger partial charge in [-0.05, 0) is 48.4 Å². The Balaban J connectivity index is 2.17. The molecule has 0 saturated carbocycles. The molecule has 1 amide bonds. The Morgan fingerprint density at radius 2 is 1.83 bits per heavy atom. The second kappa shape index (κ2) is 8.45. The van der Waals surface area contributed by atoms with Gasteiger partial charge in [0.2, 0.25) is 0 Å². The fourth-order valence-electron chi connectivity index (χ4n) is 3.47. The summed E-state index contributed by atoms with van der Waals surface area (Å²) in [6.45, 7) is 2.14. The fraction of sp³-hybridized carbons (Fsp3) is 0.273. The molecular formula is C22H22FNO5. The highest BCUT2D eigenvalue weighted by molar-refractivity contribution is 6.46. The number of ketones is 1. The first-order valence-electron chi connectivity index (χ1n) is 9.06. The molecule has 2 aromatic carbocycles. The van der Waals surface area contributed by atoms with Gasteiger partial charge >= 0.3 is 0 Å². The molecular weight excluding hydrogens is 377 g/mol. The summed E-state index contributed by atoms with van der Waals surface area (Å²) in [6.07, 6.45) is 0. The van der Waals surface area contributed by atoms with Gasteiger partial charge in [0.1, 0.15) is 17.3 Å². The summed E-state index contributed by atoms with van der Waals surface area (Å²) in [5.74, 6) is -1.63. The summed E-state index contributed by atoms with van der Waals surface area (Å²) in [7, 11) is 3.02. The summed E-state index contributed by atoms with van der Waals surface area (Å²) < 4.78 is 23.7. The molecule has 2 aromatic rings. The number of aliphatic hydroxyl groups excluding tert-OH is 1. The Bertz CT molecular complexity index is 968. The van der Waals surface area contributed by atoms with E-state index in [1.54, 1.807) is 25.1 Å². The number of rotatable bonds is 6. The number of halogens is 1. The molecule has 0 radical (unpaired) electrons. The SMILES string of the molecule is COCCN1C(=O)C(=O)C(=C(O)c2ccc(OC)cc2C)C1c1ccc(F)cc1. The lowest BCUT2D eigenvalue weighted by Gasteiger charge is -2.25. The third-order valence-electron chi connectivity index (χ3n) is 4.95. The van der Waals surface area contributed by atoms with Crippen LogP contribution in [0.1, 0.15) is 22.7 Å². The molecule has 1 aliphatic rings. The minimum Gasteiger partial charge on any atom is -0.507 e. The average molecular weight is 399 g/mol. The fourth-order valence-corrected chi connectivity index (χ4v) is 3.47. The maximum Gasteiger partial charge on any atom is 0.295 e. The number of benzene rings is 2. The third-order valence-corrected chi connectivity index (χ3v) is 4.95. The van der Waals surface area contributed by atoms with Crippen LogP contribution >= 0.6 is 0 Å². The van der Waals surface area contributed by atoms with E-state index < -0.39 is 23.5 Å². The largest absolute Gasteiger partial charge is 0.507 e. The van der Waals surface area contributed by atoms with Gasteiger partial charge < -0.3 is 19.5 Å². The van der Waals surface area contributed by atoms with E-state index in [0.29, 0.717) is 22.4 Å². The van der Waals surface area contributed by atoms with Crippen LogP contribution in [0, 0.1) is 12.7 Å². The number of Topliss-reactive ketones (excluding diaryl/α,β-unsaturated/α-hetero) is 1. The first kappa shape index (κ1) is 20.5. The molecule has 3 rings (SSSR count). The van der Waals surface area contributed by atoms with Crippen molar-refractivity contribution in [2.45, 2.75) is 13.0 Å². The van der Waals surface area contributed by atoms with E-state index in [2.05, 4.69) is 0 Å². The van der Waals surface area contributed by atoms with E-state index in [-0.39, 0.29) is 24.5 Å². The molecule has 1 N–H and O–H groups in total. The molecule has 1 unspecified atom stereocenters. The Morgan fingerprint density at radius 3 is 2.41 bits per heavy atom. The number of carbonyl (C=O) groups excluding carboxylic acids is 2. The second-order valence-electron chi connectivity index (χ2n) is 6.72. The Kier molecular flexibility index (Phi) is 5.98. The van der Waals surface area contributed by atoms with Crippen molar-refractivity contribution in [3.05, 3.63) is 70.5 Å². The first-order chi connectivity index (χ1) is 13.9. The monoisotopic (exact) mass is 399 g/mol. The van der Waals surface area contributed by atoms with E-state index in [9.17, 15) is 19.1 Å². The molecule has 1 aliphatic heterocycles. The number of methoxy groups -OCH3 is 2. The maximum absolute atomic E-state index is 13.4. The highest BCUT2D eigenvalue weighted by Gasteiger charge is 2.46. The van der Waals surface area contributed by atoms with Crippen LogP contribution in [-0.4, -0.2) is 49.1 Å². The van der Waals surface area contributed by atoms with Crippen molar-refractivity contribution in [1.29, 1.82) is 0 Å². The van der Waals surface area contributed by atoms with Crippen molar-refractivity contribution in [1.82, 2.24) is 4.90 Å². The number of likely N-dealkylation sites (tertiary alicyclic amines) is 1. The number of amides is 1. The number of aryl methyl sites for hydroxylation is 1. The van der Waals surface area contributed by atoms with Crippen LogP contribution in [0.2, 0.25) is 0 Å². The molecule has 1 atom stereocenters. The van der Waals surface area contributed by atoms with Gasteiger partial charge in [-0.3, -0.25) is 9.59 Å². The van der Waals surface area contributed by atoms with Crippen LogP contribution in [0.4, 0.5) is 4.39 Å². The molecule has 0 bridgehead atoms. The number of nitrogens with zero attached hydrogens (tertiary/aromatic N) is 1. The number of hydrogen-bond acceptors (Lipinski definition) is 5. The van der Waals surface area contributed by atoms with Gasteiger partial charge in [0.25, 0.3) is 11.7 Å². The van der Waals surface area contributed by atoms with Crippen LogP contribution in [0.5, 0.6) is 5.75 Å². The van der Waals surface area contributed by atoms with Crippen LogP contribution in [-0.2, 0) is 14.3 Å². The molecule has 0 aliphatic carbocycles. The summed E-state index contributed by atoms with van der Waals surface area (Å²) in [6, 6.07) is 9.69. The van der Waals surface area contributed by atoms with Gasteiger partial charge in [0, 0.05) is 19.2 Å². The Hall–Kier alpha value is -3.19. The number of hydrogen-bond donors (Lipinski definition) is 1. The molecule has 1 heterocycles. The van der Waals surface area contributed by atoms with Crippen molar-refractivity contribution >= 4 is 17.4 Å². The zero-order chi connectivity index (χ0) is 21.1. The van der Waals surface area contributed by atoms with Gasteiger partial charge in [-0.15, -0.1) is 0 Å². The minimum absolute atomic E-state index is 0.0361. The predicted molar refractivity (Wildman–Crippen MR) is 105 cm³/mol. The topological polar surface area (TPSA) is 76.1 Å². The molecule has 7 heteroatoms. The second-order valence-corrected chi connectivity index (χ2v) is 6.72. The van der Waals surface area contributed by atoms with E-state index >= 15 is 0 Å². The van der Waals surface area contributed by atoms with E-state index in [1.807, 2.05) is 0 Å². The molecule has 152 valence electrons. The van der Waals surface area contributed by atoms with Crippen LogP contribution in [0.15, 0.2) is 48.0 Å². The van der Waals surface area contributed by atoms with Crippen LogP contribution in [0.25, 0.3) is 5.76 Å². The van der Waals surface area contributed by atoms with Crippen molar-refractivity contribution < 1.29 is 28.6 Å². The molecule has 1 fully saturated rings. The van der Waals surface area contributed by atoms with Gasteiger partial charge in [0.05, 0.1) is 25.3 Å². The molecule has 29 heavy (non-hydrogen) atoms. The standard InChI is InChI=1S/C22H22FNO5/c1-13-12-16(29-3)8-9-17(13)20(25)18-19(14-4-6-15(23)7-5-14)24(10-11-28-2)22(27)21(18)26/h4-9,12,19,25H,10-11H2,1-3H3. The van der Waals surface area contributed by atoms with Gasteiger partial charge in [0.15, 0.2) is 0 Å². The first-order valence-corrected chi connectivity index (χ1v) is 9.06. The molecule has 0 spiro atoms. The minimum atomic E-state index is -0.841. The molecule has 0 aromatic heterocycles. The smallest absolute Gasteiger partial charge is 0.295 e. The highest BCUT2D eigenvalue weighted by Crippen LogP contribution is 2.40. The Morgan fingerprint density at radius 1 is 1.14 bits per heavy atom. The molecule has 1 saturated heterocycles. The van der Waals surface area contributed by atoms with Crippen molar-refractivity contribution in [3.8, 4) is 5.75 Å². The lowest BCUT2D eigenvalue weighted by Crippen LogP contribution is -2.32. The number of carbonyl (C=O) groups is 2. The number of aliphatic hydroxyl groups is 1. The quantitative estimate of drug-likeness (QED) is 0.459. The summed E-state index contributed by atoms with van der Waals surface area (Å²) in [4.78, 5) is 26.8. The molecule has 6 nitrogen and oxygen atoms in total. The van der Waals surface area contributed by atoms with Crippen molar-refractivity contribution in [2.24, 2.45) is 0 Å². The highest BCUT2D eigenvalue weighted by atomic mass is 19.1. The van der Waals surface area contributed by atoms with Crippen LogP contribution in [0.3, 0.4) is 0 Å². The zero-order valence-corrected chi connectivity index (χ0v) is 16.4. The van der Waals surface area contributed by atoms with Gasteiger partial charge in [-0.25, -0.2) is 4.39 Å². The van der Waals surface area contributed by atoms with Gasteiger partial charge in [-0.2, -0.15) is 0 Å². The summed E-state index contributed by atoms with van der Waals surface area (Å²) in [5.41, 5.74) is 1.59. The lowest BCUT2D eigenvalue weighted by molar-refractivity contribution is -0.140. The van der Waals surface area contributed by atoms with Crippen LogP contribution < -0.4 is 4.74 Å². The maximum atomic E-state index is 13.4. The lowest BCUT2D eigenvalue weighted by atomic mass is 9.94. The van der Waals surface area contributed by atoms with E-state index in [0.717, 1.165) is 0 Å². The normalized spacial score (nSPS) is 18.3. The van der Waals surface area contributed by atoms with Gasteiger partial charge in [-0.1, -0.05) is 12.1 Å². The van der Waals surface area contributed by atoms with Crippen molar-refractivity contribution in [3.63, 3.8) is 0 Å².